The summed E-state index contributed by atoms with van der Waals surface area (Å²) in [5.41, 5.74) is 2.32. The summed E-state index contributed by atoms with van der Waals surface area (Å²) in [6, 6.07) is 2.12. The Kier molecular flexibility index (Phi) is 3.50. The first-order valence-corrected chi connectivity index (χ1v) is 7.57. The highest BCUT2D eigenvalue weighted by Crippen LogP contribution is 2.29. The lowest BCUT2D eigenvalue weighted by Crippen LogP contribution is -2.05. The molecule has 3 heterocycles. The highest BCUT2D eigenvalue weighted by atomic mass is 32.1. The maximum Gasteiger partial charge on any atom is 0.225 e. The summed E-state index contributed by atoms with van der Waals surface area (Å²) < 4.78 is 1.88. The number of nitrogens with zero attached hydrogens (tertiary/aromatic N) is 4. The Balaban J connectivity index is 1.93. The standard InChI is InChI=1S/C14H18N6S/c1-8-5-11-12(18-14(15-3)19-13(11)21-8)16-6-10-7-17-20(4)9(10)2/h5,7H,6H2,1-4H3,(H2,15,16,18,19). The van der Waals surface area contributed by atoms with Crippen molar-refractivity contribution in [2.24, 2.45) is 7.05 Å². The third-order valence-corrected chi connectivity index (χ3v) is 4.47. The molecule has 110 valence electrons. The topological polar surface area (TPSA) is 67.7 Å². The SMILES string of the molecule is CNc1nc(NCc2cnn(C)c2C)c2cc(C)sc2n1. The Bertz CT molecular complexity index is 788. The Morgan fingerprint density at radius 3 is 2.76 bits per heavy atom. The lowest BCUT2D eigenvalue weighted by Gasteiger charge is -2.08. The zero-order valence-electron chi connectivity index (χ0n) is 12.6. The smallest absolute Gasteiger partial charge is 0.225 e. The fourth-order valence-electron chi connectivity index (χ4n) is 2.19. The highest BCUT2D eigenvalue weighted by molar-refractivity contribution is 7.18. The number of thiophene rings is 1. The van der Waals surface area contributed by atoms with Gasteiger partial charge in [-0.05, 0) is 19.9 Å². The summed E-state index contributed by atoms with van der Waals surface area (Å²) in [5.74, 6) is 1.49. The molecule has 21 heavy (non-hydrogen) atoms. The Labute approximate surface area is 127 Å². The van der Waals surface area contributed by atoms with Gasteiger partial charge in [-0.15, -0.1) is 11.3 Å². The van der Waals surface area contributed by atoms with Crippen LogP contribution in [0.15, 0.2) is 12.3 Å². The maximum atomic E-state index is 4.53. The number of anilines is 2. The monoisotopic (exact) mass is 302 g/mol. The molecule has 3 aromatic heterocycles. The van der Waals surface area contributed by atoms with E-state index in [1.165, 1.54) is 10.4 Å². The van der Waals surface area contributed by atoms with Gasteiger partial charge in [0.05, 0.1) is 11.6 Å². The molecule has 0 aliphatic heterocycles. The number of fused-ring (bicyclic) bond motifs is 1. The van der Waals surface area contributed by atoms with Gasteiger partial charge in [0.25, 0.3) is 0 Å². The van der Waals surface area contributed by atoms with E-state index in [1.807, 2.05) is 25.0 Å². The fraction of sp³-hybridized carbons (Fsp3) is 0.357. The minimum atomic E-state index is 0.634. The van der Waals surface area contributed by atoms with Gasteiger partial charge in [-0.2, -0.15) is 10.1 Å². The van der Waals surface area contributed by atoms with Crippen LogP contribution in [0.2, 0.25) is 0 Å². The van der Waals surface area contributed by atoms with Crippen molar-refractivity contribution in [2.45, 2.75) is 20.4 Å². The van der Waals surface area contributed by atoms with Crippen LogP contribution in [0.5, 0.6) is 0 Å². The molecule has 3 aromatic rings. The normalized spacial score (nSPS) is 11.0. The number of nitrogens with one attached hydrogen (secondary N) is 2. The molecule has 0 spiro atoms. The third-order valence-electron chi connectivity index (χ3n) is 3.52. The minimum Gasteiger partial charge on any atom is -0.365 e. The van der Waals surface area contributed by atoms with Gasteiger partial charge >= 0.3 is 0 Å². The molecule has 0 radical (unpaired) electrons. The van der Waals surface area contributed by atoms with Crippen molar-refractivity contribution in [2.75, 3.05) is 17.7 Å². The Morgan fingerprint density at radius 1 is 1.29 bits per heavy atom. The van der Waals surface area contributed by atoms with Crippen LogP contribution < -0.4 is 10.6 Å². The van der Waals surface area contributed by atoms with Crippen molar-refractivity contribution >= 4 is 33.3 Å². The highest BCUT2D eigenvalue weighted by Gasteiger charge is 2.11. The molecule has 0 aromatic carbocycles. The van der Waals surface area contributed by atoms with Gasteiger partial charge in [0.2, 0.25) is 5.95 Å². The van der Waals surface area contributed by atoms with Crippen molar-refractivity contribution < 1.29 is 0 Å². The van der Waals surface area contributed by atoms with Crippen LogP contribution in [0.3, 0.4) is 0 Å². The molecule has 7 heteroatoms. The van der Waals surface area contributed by atoms with Crippen molar-refractivity contribution in [3.8, 4) is 0 Å². The first-order valence-electron chi connectivity index (χ1n) is 6.75. The fourth-order valence-corrected chi connectivity index (χ4v) is 3.06. The van der Waals surface area contributed by atoms with Gasteiger partial charge < -0.3 is 10.6 Å². The number of hydrogen-bond donors (Lipinski definition) is 2. The van der Waals surface area contributed by atoms with Gasteiger partial charge in [0, 0.05) is 36.8 Å². The predicted octanol–water partition coefficient (Wildman–Crippen LogP) is 2.70. The molecule has 0 unspecified atom stereocenters. The minimum absolute atomic E-state index is 0.634. The Hall–Kier alpha value is -2.15. The predicted molar refractivity (Wildman–Crippen MR) is 87.0 cm³/mol. The molecule has 0 saturated heterocycles. The van der Waals surface area contributed by atoms with Crippen molar-refractivity contribution in [1.82, 2.24) is 19.7 Å². The molecular formula is C14H18N6S. The van der Waals surface area contributed by atoms with E-state index in [-0.39, 0.29) is 0 Å². The van der Waals surface area contributed by atoms with Crippen molar-refractivity contribution in [1.29, 1.82) is 0 Å². The van der Waals surface area contributed by atoms with E-state index in [4.69, 9.17) is 0 Å². The van der Waals surface area contributed by atoms with E-state index >= 15 is 0 Å². The molecule has 0 saturated carbocycles. The third kappa shape index (κ3) is 2.56. The van der Waals surface area contributed by atoms with Crippen LogP contribution in [-0.4, -0.2) is 26.8 Å². The van der Waals surface area contributed by atoms with E-state index in [2.05, 4.69) is 45.6 Å². The number of aryl methyl sites for hydroxylation is 2. The molecule has 3 rings (SSSR count). The molecule has 0 aliphatic carbocycles. The summed E-state index contributed by atoms with van der Waals surface area (Å²) in [7, 11) is 3.78. The molecule has 0 amide bonds. The van der Waals surface area contributed by atoms with Crippen LogP contribution in [0.1, 0.15) is 16.1 Å². The van der Waals surface area contributed by atoms with E-state index in [9.17, 15) is 0 Å². The lowest BCUT2D eigenvalue weighted by atomic mass is 10.2. The summed E-state index contributed by atoms with van der Waals surface area (Å²) in [6.45, 7) is 4.84. The van der Waals surface area contributed by atoms with Gasteiger partial charge in [0.1, 0.15) is 10.6 Å². The number of aromatic nitrogens is 4. The second-order valence-corrected chi connectivity index (χ2v) is 6.19. The van der Waals surface area contributed by atoms with Gasteiger partial charge in [-0.25, -0.2) is 4.98 Å². The van der Waals surface area contributed by atoms with Gasteiger partial charge in [-0.1, -0.05) is 0 Å². The first kappa shape index (κ1) is 13.8. The van der Waals surface area contributed by atoms with Crippen molar-refractivity contribution in [3.63, 3.8) is 0 Å². The van der Waals surface area contributed by atoms with E-state index < -0.39 is 0 Å². The number of hydrogen-bond acceptors (Lipinski definition) is 6. The summed E-state index contributed by atoms with van der Waals surface area (Å²) in [6.07, 6.45) is 1.89. The molecule has 6 nitrogen and oxygen atoms in total. The zero-order chi connectivity index (χ0) is 15.0. The molecule has 0 aliphatic rings. The second kappa shape index (κ2) is 5.33. The van der Waals surface area contributed by atoms with Crippen LogP contribution in [0.4, 0.5) is 11.8 Å². The maximum absolute atomic E-state index is 4.53. The zero-order valence-corrected chi connectivity index (χ0v) is 13.4. The number of rotatable bonds is 4. The molecule has 0 atom stereocenters. The molecular weight excluding hydrogens is 284 g/mol. The summed E-state index contributed by atoms with van der Waals surface area (Å²) >= 11 is 1.68. The first-order chi connectivity index (χ1) is 10.1. The van der Waals surface area contributed by atoms with Crippen LogP contribution >= 0.6 is 11.3 Å². The van der Waals surface area contributed by atoms with Crippen LogP contribution in [-0.2, 0) is 13.6 Å². The second-order valence-electron chi connectivity index (χ2n) is 4.95. The average Bonchev–Trinajstić information content (AvgIpc) is 2.99. The molecule has 0 bridgehead atoms. The van der Waals surface area contributed by atoms with E-state index in [0.29, 0.717) is 12.5 Å². The van der Waals surface area contributed by atoms with Gasteiger partial charge in [0.15, 0.2) is 0 Å². The van der Waals surface area contributed by atoms with Crippen molar-refractivity contribution in [3.05, 3.63) is 28.4 Å². The summed E-state index contributed by atoms with van der Waals surface area (Å²) in [4.78, 5) is 11.2. The Morgan fingerprint density at radius 2 is 2.10 bits per heavy atom. The van der Waals surface area contributed by atoms with Gasteiger partial charge in [-0.3, -0.25) is 4.68 Å². The van der Waals surface area contributed by atoms with Crippen LogP contribution in [0, 0.1) is 13.8 Å². The average molecular weight is 302 g/mol. The summed E-state index contributed by atoms with van der Waals surface area (Å²) in [5, 5.41) is 11.7. The van der Waals surface area contributed by atoms with E-state index in [0.717, 1.165) is 21.7 Å². The molecule has 2 N–H and O–H groups in total. The van der Waals surface area contributed by atoms with E-state index in [1.54, 1.807) is 11.3 Å². The quantitative estimate of drug-likeness (QED) is 0.775. The lowest BCUT2D eigenvalue weighted by molar-refractivity contribution is 0.738. The van der Waals surface area contributed by atoms with Crippen LogP contribution in [0.25, 0.3) is 10.2 Å². The largest absolute Gasteiger partial charge is 0.365 e. The molecule has 0 fully saturated rings.